The summed E-state index contributed by atoms with van der Waals surface area (Å²) in [4.78, 5) is 34.4. The molecule has 1 saturated carbocycles. The smallest absolute Gasteiger partial charge is 0.269 e. The number of non-ortho nitro benzene ring substituents is 1. The summed E-state index contributed by atoms with van der Waals surface area (Å²) >= 11 is 5.97. The lowest BCUT2D eigenvalue weighted by Crippen LogP contribution is -2.40. The van der Waals surface area contributed by atoms with Crippen LogP contribution >= 0.6 is 11.6 Å². The van der Waals surface area contributed by atoms with E-state index in [4.69, 9.17) is 16.3 Å². The zero-order chi connectivity index (χ0) is 22.0. The molecule has 31 heavy (non-hydrogen) atoms. The lowest BCUT2D eigenvalue weighted by Gasteiger charge is -2.30. The number of nitro benzene ring substituents is 1. The van der Waals surface area contributed by atoms with Crippen molar-refractivity contribution in [2.75, 3.05) is 10.6 Å². The summed E-state index contributed by atoms with van der Waals surface area (Å²) < 4.78 is 5.92. The molecule has 4 rings (SSSR count). The molecule has 0 heterocycles. The summed E-state index contributed by atoms with van der Waals surface area (Å²) in [5.74, 6) is 0.595. The maximum absolute atomic E-state index is 12.1. The van der Waals surface area contributed by atoms with E-state index >= 15 is 0 Å². The minimum absolute atomic E-state index is 0.00346. The second-order valence-electron chi connectivity index (χ2n) is 7.53. The minimum Gasteiger partial charge on any atom is -0.490 e. The number of ether oxygens (including phenoxy) is 1. The molecule has 0 bridgehead atoms. The van der Waals surface area contributed by atoms with Gasteiger partial charge in [-0.3, -0.25) is 19.7 Å². The molecule has 0 unspecified atom stereocenters. The molecule has 0 aliphatic heterocycles. The first-order valence-corrected chi connectivity index (χ1v) is 10.3. The van der Waals surface area contributed by atoms with Crippen molar-refractivity contribution in [3.63, 3.8) is 0 Å². The number of rotatable bonds is 7. The summed E-state index contributed by atoms with van der Waals surface area (Å²) in [6.07, 6.45) is 3.07. The number of halogens is 1. The fourth-order valence-electron chi connectivity index (χ4n) is 3.73. The van der Waals surface area contributed by atoms with Gasteiger partial charge in [-0.1, -0.05) is 17.7 Å². The Bertz CT molecular complexity index is 1160. The molecule has 3 aromatic rings. The molecule has 0 atom stereocenters. The summed E-state index contributed by atoms with van der Waals surface area (Å²) in [5, 5.41) is 17.5. The highest BCUT2D eigenvalue weighted by molar-refractivity contribution is 6.30. The molecular formula is C22H20ClN3O5. The van der Waals surface area contributed by atoms with Crippen molar-refractivity contribution in [1.82, 2.24) is 0 Å². The van der Waals surface area contributed by atoms with Gasteiger partial charge in [-0.05, 0) is 56.0 Å². The fraction of sp³-hybridized carbons (Fsp3) is 0.273. The van der Waals surface area contributed by atoms with Gasteiger partial charge in [-0.25, -0.2) is 0 Å². The predicted molar refractivity (Wildman–Crippen MR) is 119 cm³/mol. The summed E-state index contributed by atoms with van der Waals surface area (Å²) in [6.45, 7) is 0. The van der Waals surface area contributed by atoms with Crippen molar-refractivity contribution < 1.29 is 9.66 Å². The van der Waals surface area contributed by atoms with Crippen LogP contribution in [0.4, 0.5) is 22.7 Å². The maximum atomic E-state index is 12.1. The standard InChI is InChI=1S/C22H20ClN3O5/c23-13-2-1-3-15(12-13)25-20-19(21(27)22(20)28)24-14-4-8-17(9-5-14)31-18-10-6-16(7-11-18)26(29)30/h1-3,6-7,10-12,14,17,24-25H,4-5,8-9H2. The van der Waals surface area contributed by atoms with Crippen LogP contribution < -0.4 is 26.2 Å². The third-order valence-electron chi connectivity index (χ3n) is 5.38. The van der Waals surface area contributed by atoms with Gasteiger partial charge < -0.3 is 15.4 Å². The number of nitrogens with one attached hydrogen (secondary N) is 2. The summed E-state index contributed by atoms with van der Waals surface area (Å²) in [7, 11) is 0. The molecule has 0 spiro atoms. The Morgan fingerprint density at radius 3 is 2.29 bits per heavy atom. The molecule has 9 heteroatoms. The minimum atomic E-state index is -0.544. The van der Waals surface area contributed by atoms with Crippen LogP contribution in [0.25, 0.3) is 0 Å². The molecule has 1 aliphatic rings. The lowest BCUT2D eigenvalue weighted by molar-refractivity contribution is -0.384. The molecule has 3 aromatic carbocycles. The zero-order valence-electron chi connectivity index (χ0n) is 16.5. The highest BCUT2D eigenvalue weighted by Crippen LogP contribution is 2.29. The third kappa shape index (κ3) is 4.69. The Morgan fingerprint density at radius 1 is 0.968 bits per heavy atom. The van der Waals surface area contributed by atoms with Crippen molar-refractivity contribution in [2.45, 2.75) is 37.8 Å². The van der Waals surface area contributed by atoms with E-state index < -0.39 is 15.8 Å². The van der Waals surface area contributed by atoms with Gasteiger partial charge in [0.2, 0.25) is 0 Å². The van der Waals surface area contributed by atoms with E-state index in [1.54, 1.807) is 36.4 Å². The van der Waals surface area contributed by atoms with E-state index in [2.05, 4.69) is 10.6 Å². The zero-order valence-corrected chi connectivity index (χ0v) is 17.2. The van der Waals surface area contributed by atoms with Crippen LogP contribution in [0.2, 0.25) is 5.02 Å². The number of hydrogen-bond acceptors (Lipinski definition) is 7. The average Bonchev–Trinajstić information content (AvgIpc) is 2.77. The van der Waals surface area contributed by atoms with Crippen molar-refractivity contribution in [2.24, 2.45) is 0 Å². The van der Waals surface area contributed by atoms with Gasteiger partial charge in [0.15, 0.2) is 0 Å². The van der Waals surface area contributed by atoms with E-state index in [9.17, 15) is 19.7 Å². The molecule has 2 N–H and O–H groups in total. The molecule has 160 valence electrons. The molecule has 0 radical (unpaired) electrons. The highest BCUT2D eigenvalue weighted by Gasteiger charge is 2.27. The van der Waals surface area contributed by atoms with Crippen molar-refractivity contribution in [3.05, 3.63) is 84.1 Å². The number of benzene rings is 2. The van der Waals surface area contributed by atoms with Crippen LogP contribution in [0.15, 0.2) is 58.1 Å². The first-order chi connectivity index (χ1) is 14.9. The van der Waals surface area contributed by atoms with Gasteiger partial charge in [0.05, 0.1) is 11.0 Å². The second kappa shape index (κ2) is 8.77. The van der Waals surface area contributed by atoms with Crippen LogP contribution in [-0.4, -0.2) is 17.1 Å². The number of hydrogen-bond donors (Lipinski definition) is 2. The Labute approximate surface area is 182 Å². The largest absolute Gasteiger partial charge is 0.490 e. The normalized spacial score (nSPS) is 18.5. The Balaban J connectivity index is 1.33. The third-order valence-corrected chi connectivity index (χ3v) is 5.61. The van der Waals surface area contributed by atoms with Gasteiger partial charge in [-0.2, -0.15) is 0 Å². The number of nitrogens with zero attached hydrogens (tertiary/aromatic N) is 1. The molecule has 0 amide bonds. The molecule has 1 aliphatic carbocycles. The molecule has 0 aromatic heterocycles. The van der Waals surface area contributed by atoms with E-state index in [1.165, 1.54) is 12.1 Å². The van der Waals surface area contributed by atoms with Crippen LogP contribution in [0.3, 0.4) is 0 Å². The van der Waals surface area contributed by atoms with Gasteiger partial charge in [-0.15, -0.1) is 0 Å². The van der Waals surface area contributed by atoms with Gasteiger partial charge in [0.1, 0.15) is 17.1 Å². The van der Waals surface area contributed by atoms with Crippen LogP contribution in [0.1, 0.15) is 25.7 Å². The van der Waals surface area contributed by atoms with E-state index in [-0.39, 0.29) is 23.5 Å². The lowest BCUT2D eigenvalue weighted by atomic mass is 9.92. The second-order valence-corrected chi connectivity index (χ2v) is 7.97. The number of nitro groups is 1. The van der Waals surface area contributed by atoms with E-state index in [0.29, 0.717) is 22.1 Å². The van der Waals surface area contributed by atoms with Crippen molar-refractivity contribution >= 4 is 34.4 Å². The highest BCUT2D eigenvalue weighted by atomic mass is 35.5. The molecular weight excluding hydrogens is 422 g/mol. The topological polar surface area (TPSA) is 111 Å². The average molecular weight is 442 g/mol. The first kappa shape index (κ1) is 20.9. The quantitative estimate of drug-likeness (QED) is 0.318. The SMILES string of the molecule is O=c1c(Nc2cccc(Cl)c2)c(NC2CCC(Oc3ccc([N+](=O)[O-])cc3)CC2)c1=O. The Hall–Kier alpha value is -3.39. The van der Waals surface area contributed by atoms with Crippen molar-refractivity contribution in [3.8, 4) is 5.75 Å². The van der Waals surface area contributed by atoms with E-state index in [1.807, 2.05) is 0 Å². The van der Waals surface area contributed by atoms with Crippen LogP contribution in [0.5, 0.6) is 5.75 Å². The molecule has 8 nitrogen and oxygen atoms in total. The summed E-state index contributed by atoms with van der Waals surface area (Å²) in [5.41, 5.74) is 0.172. The van der Waals surface area contributed by atoms with E-state index in [0.717, 1.165) is 25.7 Å². The van der Waals surface area contributed by atoms with Crippen LogP contribution in [-0.2, 0) is 0 Å². The van der Waals surface area contributed by atoms with Gasteiger partial charge in [0.25, 0.3) is 16.5 Å². The van der Waals surface area contributed by atoms with Gasteiger partial charge >= 0.3 is 0 Å². The predicted octanol–water partition coefficient (Wildman–Crippen LogP) is 4.39. The Kier molecular flexibility index (Phi) is 5.90. The first-order valence-electron chi connectivity index (χ1n) is 9.94. The summed E-state index contributed by atoms with van der Waals surface area (Å²) in [6, 6.07) is 13.0. The fourth-order valence-corrected chi connectivity index (χ4v) is 3.92. The number of anilines is 3. The van der Waals surface area contributed by atoms with Crippen LogP contribution in [0, 0.1) is 10.1 Å². The molecule has 0 saturated heterocycles. The monoisotopic (exact) mass is 441 g/mol. The van der Waals surface area contributed by atoms with Gasteiger partial charge in [0, 0.05) is 28.9 Å². The van der Waals surface area contributed by atoms with Crippen molar-refractivity contribution in [1.29, 1.82) is 0 Å². The maximum Gasteiger partial charge on any atom is 0.269 e. The Morgan fingerprint density at radius 2 is 1.65 bits per heavy atom. The molecule has 1 fully saturated rings.